The third-order valence-corrected chi connectivity index (χ3v) is 3.48. The van der Waals surface area contributed by atoms with Crippen LogP contribution in [0.1, 0.15) is 12.8 Å². The first-order valence-electron chi connectivity index (χ1n) is 7.02. The van der Waals surface area contributed by atoms with E-state index in [1.54, 1.807) is 13.3 Å². The standard InChI is InChI=1S/C15H18N4O2/c1-20-14-8-11(2-5-16-14)12-9-17-15(18-10-12)19-13-3-6-21-7-4-13/h2,5,8-10,13H,3-4,6-7H2,1H3,(H,17,18,19). The predicted molar refractivity (Wildman–Crippen MR) is 79.3 cm³/mol. The third-order valence-electron chi connectivity index (χ3n) is 3.48. The Hall–Kier alpha value is -2.21. The van der Waals surface area contributed by atoms with E-state index in [9.17, 15) is 0 Å². The van der Waals surface area contributed by atoms with E-state index < -0.39 is 0 Å². The molecule has 0 bridgehead atoms. The number of rotatable bonds is 4. The van der Waals surface area contributed by atoms with Gasteiger partial charge in [0, 0.05) is 49.5 Å². The summed E-state index contributed by atoms with van der Waals surface area (Å²) in [6.45, 7) is 1.60. The molecule has 2 aromatic heterocycles. The van der Waals surface area contributed by atoms with Crippen molar-refractivity contribution >= 4 is 5.95 Å². The van der Waals surface area contributed by atoms with Gasteiger partial charge in [-0.25, -0.2) is 15.0 Å². The predicted octanol–water partition coefficient (Wildman–Crippen LogP) is 2.14. The fourth-order valence-corrected chi connectivity index (χ4v) is 2.28. The molecule has 0 aromatic carbocycles. The molecule has 0 aliphatic carbocycles. The maximum atomic E-state index is 5.34. The number of anilines is 1. The molecule has 0 amide bonds. The first-order chi connectivity index (χ1) is 10.3. The van der Waals surface area contributed by atoms with Crippen molar-refractivity contribution in [3.05, 3.63) is 30.7 Å². The van der Waals surface area contributed by atoms with Crippen LogP contribution in [0.5, 0.6) is 5.88 Å². The first kappa shape index (κ1) is 13.8. The lowest BCUT2D eigenvalue weighted by Gasteiger charge is -2.22. The van der Waals surface area contributed by atoms with Crippen molar-refractivity contribution in [1.82, 2.24) is 15.0 Å². The number of pyridine rings is 1. The quantitative estimate of drug-likeness (QED) is 0.928. The van der Waals surface area contributed by atoms with Crippen LogP contribution in [-0.2, 0) is 4.74 Å². The summed E-state index contributed by atoms with van der Waals surface area (Å²) in [7, 11) is 1.60. The number of nitrogens with one attached hydrogen (secondary N) is 1. The van der Waals surface area contributed by atoms with Gasteiger partial charge in [0.25, 0.3) is 0 Å². The molecular weight excluding hydrogens is 268 g/mol. The zero-order chi connectivity index (χ0) is 14.5. The molecule has 0 saturated carbocycles. The molecule has 2 aromatic rings. The second-order valence-corrected chi connectivity index (χ2v) is 4.91. The number of methoxy groups -OCH3 is 1. The van der Waals surface area contributed by atoms with Gasteiger partial charge in [0.05, 0.1) is 7.11 Å². The van der Waals surface area contributed by atoms with Gasteiger partial charge in [0.15, 0.2) is 0 Å². The highest BCUT2D eigenvalue weighted by molar-refractivity contribution is 5.62. The maximum Gasteiger partial charge on any atom is 0.222 e. The molecule has 1 aliphatic heterocycles. The Bertz CT molecular complexity index is 582. The zero-order valence-corrected chi connectivity index (χ0v) is 12.0. The lowest BCUT2D eigenvalue weighted by molar-refractivity contribution is 0.0903. The molecule has 6 heteroatoms. The third kappa shape index (κ3) is 3.46. The Kier molecular flexibility index (Phi) is 4.25. The topological polar surface area (TPSA) is 69.2 Å². The molecular formula is C15H18N4O2. The fourth-order valence-electron chi connectivity index (χ4n) is 2.28. The highest BCUT2D eigenvalue weighted by Gasteiger charge is 2.14. The summed E-state index contributed by atoms with van der Waals surface area (Å²) in [5.41, 5.74) is 1.92. The van der Waals surface area contributed by atoms with Crippen LogP contribution >= 0.6 is 0 Å². The number of aromatic nitrogens is 3. The van der Waals surface area contributed by atoms with Gasteiger partial charge in [-0.05, 0) is 24.5 Å². The summed E-state index contributed by atoms with van der Waals surface area (Å²) in [5, 5.41) is 3.34. The van der Waals surface area contributed by atoms with Crippen molar-refractivity contribution in [2.75, 3.05) is 25.6 Å². The SMILES string of the molecule is COc1cc(-c2cnc(NC3CCOCC3)nc2)ccn1. The summed E-state index contributed by atoms with van der Waals surface area (Å²) in [6.07, 6.45) is 7.31. The lowest BCUT2D eigenvalue weighted by Crippen LogP contribution is -2.28. The van der Waals surface area contributed by atoms with Crippen LogP contribution in [-0.4, -0.2) is 41.3 Å². The molecule has 21 heavy (non-hydrogen) atoms. The Morgan fingerprint density at radius 3 is 2.62 bits per heavy atom. The van der Waals surface area contributed by atoms with Crippen molar-refractivity contribution in [3.8, 4) is 17.0 Å². The molecule has 110 valence electrons. The maximum absolute atomic E-state index is 5.34. The molecule has 3 rings (SSSR count). The Labute approximate surface area is 123 Å². The zero-order valence-electron chi connectivity index (χ0n) is 12.0. The van der Waals surface area contributed by atoms with Crippen molar-refractivity contribution in [2.24, 2.45) is 0 Å². The van der Waals surface area contributed by atoms with Crippen molar-refractivity contribution in [2.45, 2.75) is 18.9 Å². The Balaban J connectivity index is 1.70. The van der Waals surface area contributed by atoms with Gasteiger partial charge in [-0.2, -0.15) is 0 Å². The van der Waals surface area contributed by atoms with Crippen molar-refractivity contribution in [1.29, 1.82) is 0 Å². The van der Waals surface area contributed by atoms with Crippen LogP contribution in [0.3, 0.4) is 0 Å². The minimum atomic E-state index is 0.394. The molecule has 0 radical (unpaired) electrons. The highest BCUT2D eigenvalue weighted by Crippen LogP contribution is 2.21. The fraction of sp³-hybridized carbons (Fsp3) is 0.400. The van der Waals surface area contributed by atoms with Gasteiger partial charge in [0.2, 0.25) is 11.8 Å². The molecule has 1 fully saturated rings. The highest BCUT2D eigenvalue weighted by atomic mass is 16.5. The monoisotopic (exact) mass is 286 g/mol. The first-order valence-corrected chi connectivity index (χ1v) is 7.02. The summed E-state index contributed by atoms with van der Waals surface area (Å²) < 4.78 is 10.5. The van der Waals surface area contributed by atoms with E-state index in [-0.39, 0.29) is 0 Å². The van der Waals surface area contributed by atoms with Gasteiger partial charge in [0.1, 0.15) is 0 Å². The Morgan fingerprint density at radius 2 is 1.90 bits per heavy atom. The molecule has 1 N–H and O–H groups in total. The van der Waals surface area contributed by atoms with Crippen LogP contribution < -0.4 is 10.1 Å². The number of nitrogens with zero attached hydrogens (tertiary/aromatic N) is 3. The smallest absolute Gasteiger partial charge is 0.222 e. The minimum Gasteiger partial charge on any atom is -0.481 e. The van der Waals surface area contributed by atoms with Gasteiger partial charge in [-0.15, -0.1) is 0 Å². The van der Waals surface area contributed by atoms with Gasteiger partial charge in [-0.3, -0.25) is 0 Å². The second kappa shape index (κ2) is 6.49. The van der Waals surface area contributed by atoms with Crippen LogP contribution in [0.15, 0.2) is 30.7 Å². The molecule has 3 heterocycles. The van der Waals surface area contributed by atoms with E-state index >= 15 is 0 Å². The van der Waals surface area contributed by atoms with E-state index in [1.807, 2.05) is 24.5 Å². The molecule has 1 saturated heterocycles. The van der Waals surface area contributed by atoms with Crippen LogP contribution in [0.4, 0.5) is 5.95 Å². The minimum absolute atomic E-state index is 0.394. The van der Waals surface area contributed by atoms with E-state index in [0.29, 0.717) is 17.9 Å². The summed E-state index contributed by atoms with van der Waals surface area (Å²) in [4.78, 5) is 12.9. The van der Waals surface area contributed by atoms with Gasteiger partial charge >= 0.3 is 0 Å². The van der Waals surface area contributed by atoms with Crippen molar-refractivity contribution in [3.63, 3.8) is 0 Å². The normalized spacial score (nSPS) is 15.7. The van der Waals surface area contributed by atoms with Crippen LogP contribution in [0.25, 0.3) is 11.1 Å². The summed E-state index contributed by atoms with van der Waals surface area (Å²) in [5.74, 6) is 1.24. The van der Waals surface area contributed by atoms with E-state index in [1.165, 1.54) is 0 Å². The number of hydrogen-bond donors (Lipinski definition) is 1. The van der Waals surface area contributed by atoms with Gasteiger partial charge in [-0.1, -0.05) is 0 Å². The lowest BCUT2D eigenvalue weighted by atomic mass is 10.1. The number of ether oxygens (including phenoxy) is 2. The molecule has 1 aliphatic rings. The summed E-state index contributed by atoms with van der Waals surface area (Å²) in [6, 6.07) is 4.17. The largest absolute Gasteiger partial charge is 0.481 e. The molecule has 0 unspecified atom stereocenters. The summed E-state index contributed by atoms with van der Waals surface area (Å²) >= 11 is 0. The van der Waals surface area contributed by atoms with E-state index in [0.717, 1.165) is 37.2 Å². The van der Waals surface area contributed by atoms with Crippen LogP contribution in [0.2, 0.25) is 0 Å². The van der Waals surface area contributed by atoms with Gasteiger partial charge < -0.3 is 14.8 Å². The van der Waals surface area contributed by atoms with E-state index in [4.69, 9.17) is 9.47 Å². The van der Waals surface area contributed by atoms with E-state index in [2.05, 4.69) is 20.3 Å². The second-order valence-electron chi connectivity index (χ2n) is 4.91. The average Bonchev–Trinajstić information content (AvgIpc) is 2.56. The number of hydrogen-bond acceptors (Lipinski definition) is 6. The van der Waals surface area contributed by atoms with Crippen LogP contribution in [0, 0.1) is 0 Å². The van der Waals surface area contributed by atoms with Crippen molar-refractivity contribution < 1.29 is 9.47 Å². The Morgan fingerprint density at radius 1 is 1.14 bits per heavy atom. The molecule has 0 atom stereocenters. The molecule has 6 nitrogen and oxygen atoms in total. The molecule has 0 spiro atoms. The average molecular weight is 286 g/mol.